The maximum atomic E-state index is 12.9. The number of rotatable bonds is 8. The number of nitrogens with one attached hydrogen (secondary N) is 1. The fraction of sp³-hybridized carbons (Fsp3) is 0.450. The first kappa shape index (κ1) is 20.7. The summed E-state index contributed by atoms with van der Waals surface area (Å²) in [6, 6.07) is 6.53. The molecule has 1 heterocycles. The van der Waals surface area contributed by atoms with Crippen LogP contribution in [0.25, 0.3) is 0 Å². The molecule has 28 heavy (non-hydrogen) atoms. The number of carbonyl (C=O) groups excluding carboxylic acids is 2. The van der Waals surface area contributed by atoms with Gasteiger partial charge in [0.1, 0.15) is 0 Å². The van der Waals surface area contributed by atoms with Crippen molar-refractivity contribution in [2.75, 3.05) is 11.6 Å². The highest BCUT2D eigenvalue weighted by atomic mass is 32.2. The number of benzene rings is 1. The standard InChI is InChI=1S/C20H24N2O4S2/c1-28(25,26)17-9-7-15(8-10-17)18(11-6-14-4-2-3-5-14)19(24)22-20-21-12-16(13-23)27-20/h7-10,12-14,18H,2-6,11H2,1H3,(H,21,22,24)/t18-/m1/s1. The molecule has 1 amide bonds. The van der Waals surface area contributed by atoms with Crippen LogP contribution in [0.1, 0.15) is 59.7 Å². The fourth-order valence-electron chi connectivity index (χ4n) is 3.69. The summed E-state index contributed by atoms with van der Waals surface area (Å²) in [5, 5.41) is 3.20. The second-order valence-corrected chi connectivity index (χ2v) is 10.4. The van der Waals surface area contributed by atoms with Gasteiger partial charge in [-0.3, -0.25) is 9.59 Å². The van der Waals surface area contributed by atoms with Gasteiger partial charge in [0.2, 0.25) is 5.91 Å². The largest absolute Gasteiger partial charge is 0.301 e. The van der Waals surface area contributed by atoms with Crippen molar-refractivity contribution < 1.29 is 18.0 Å². The van der Waals surface area contributed by atoms with Crippen LogP contribution in [0.5, 0.6) is 0 Å². The quantitative estimate of drug-likeness (QED) is 0.650. The SMILES string of the molecule is CS(=O)(=O)c1ccc([C@@H](CCC2CCCC2)C(=O)Nc2ncc(C=O)s2)cc1. The van der Waals surface area contributed by atoms with Crippen molar-refractivity contribution >= 4 is 38.5 Å². The van der Waals surface area contributed by atoms with E-state index in [4.69, 9.17) is 0 Å². The van der Waals surface area contributed by atoms with Crippen LogP contribution in [-0.4, -0.2) is 31.9 Å². The fourth-order valence-corrected chi connectivity index (χ4v) is 4.95. The molecule has 1 saturated carbocycles. The zero-order valence-corrected chi connectivity index (χ0v) is 17.4. The molecule has 2 aromatic rings. The Hall–Kier alpha value is -2.06. The highest BCUT2D eigenvalue weighted by molar-refractivity contribution is 7.90. The molecule has 0 bridgehead atoms. The summed E-state index contributed by atoms with van der Waals surface area (Å²) in [7, 11) is -3.28. The minimum atomic E-state index is -3.28. The second kappa shape index (κ2) is 8.96. The van der Waals surface area contributed by atoms with Crippen molar-refractivity contribution in [2.45, 2.75) is 49.3 Å². The topological polar surface area (TPSA) is 93.2 Å². The van der Waals surface area contributed by atoms with Crippen molar-refractivity contribution in [3.8, 4) is 0 Å². The summed E-state index contributed by atoms with van der Waals surface area (Å²) in [6.07, 6.45) is 9.86. The van der Waals surface area contributed by atoms with Gasteiger partial charge in [0, 0.05) is 6.26 Å². The maximum absolute atomic E-state index is 12.9. The zero-order valence-electron chi connectivity index (χ0n) is 15.8. The van der Waals surface area contributed by atoms with E-state index in [-0.39, 0.29) is 10.8 Å². The molecule has 150 valence electrons. The van der Waals surface area contributed by atoms with E-state index in [1.54, 1.807) is 24.3 Å². The van der Waals surface area contributed by atoms with Crippen LogP contribution in [0, 0.1) is 5.92 Å². The third-order valence-electron chi connectivity index (χ3n) is 5.24. The van der Waals surface area contributed by atoms with Crippen LogP contribution >= 0.6 is 11.3 Å². The van der Waals surface area contributed by atoms with E-state index in [9.17, 15) is 18.0 Å². The number of aldehydes is 1. The Morgan fingerprint density at radius 2 is 1.96 bits per heavy atom. The van der Waals surface area contributed by atoms with Gasteiger partial charge in [-0.2, -0.15) is 0 Å². The predicted octanol–water partition coefficient (Wildman–Crippen LogP) is 4.05. The molecule has 6 nitrogen and oxygen atoms in total. The Kier molecular flexibility index (Phi) is 6.61. The summed E-state index contributed by atoms with van der Waals surface area (Å²) >= 11 is 1.13. The van der Waals surface area contributed by atoms with Crippen molar-refractivity contribution in [1.29, 1.82) is 0 Å². The number of hydrogen-bond acceptors (Lipinski definition) is 6. The molecule has 3 rings (SSSR count). The number of anilines is 1. The van der Waals surface area contributed by atoms with E-state index in [2.05, 4.69) is 10.3 Å². The molecular weight excluding hydrogens is 396 g/mol. The number of thiazole rings is 1. The van der Waals surface area contributed by atoms with E-state index in [1.807, 2.05) is 0 Å². The molecule has 0 spiro atoms. The van der Waals surface area contributed by atoms with Gasteiger partial charge in [0.25, 0.3) is 0 Å². The lowest BCUT2D eigenvalue weighted by atomic mass is 9.89. The molecule has 8 heteroatoms. The van der Waals surface area contributed by atoms with E-state index in [0.29, 0.717) is 28.6 Å². The average molecular weight is 421 g/mol. The Balaban J connectivity index is 1.78. The Labute approximate surface area is 169 Å². The molecule has 1 aromatic heterocycles. The molecular formula is C20H24N2O4S2. The van der Waals surface area contributed by atoms with Crippen molar-refractivity contribution in [2.24, 2.45) is 5.92 Å². The van der Waals surface area contributed by atoms with Crippen LogP contribution in [0.4, 0.5) is 5.13 Å². The normalized spacial score (nSPS) is 16.0. The lowest BCUT2D eigenvalue weighted by Gasteiger charge is -2.19. The van der Waals surface area contributed by atoms with Gasteiger partial charge in [0.05, 0.1) is 21.9 Å². The molecule has 0 unspecified atom stereocenters. The average Bonchev–Trinajstić information content (AvgIpc) is 3.33. The minimum absolute atomic E-state index is 0.183. The smallest absolute Gasteiger partial charge is 0.233 e. The Morgan fingerprint density at radius 3 is 2.54 bits per heavy atom. The van der Waals surface area contributed by atoms with E-state index >= 15 is 0 Å². The summed E-state index contributed by atoms with van der Waals surface area (Å²) in [6.45, 7) is 0. The first-order chi connectivity index (χ1) is 13.4. The Morgan fingerprint density at radius 1 is 1.29 bits per heavy atom. The van der Waals surface area contributed by atoms with Crippen LogP contribution in [0.2, 0.25) is 0 Å². The highest BCUT2D eigenvalue weighted by Gasteiger charge is 2.25. The predicted molar refractivity (Wildman–Crippen MR) is 110 cm³/mol. The monoisotopic (exact) mass is 420 g/mol. The number of nitrogens with zero attached hydrogens (tertiary/aromatic N) is 1. The summed E-state index contributed by atoms with van der Waals surface area (Å²) in [5.74, 6) is 0.0711. The number of sulfone groups is 1. The van der Waals surface area contributed by atoms with Gasteiger partial charge in [0.15, 0.2) is 21.3 Å². The second-order valence-electron chi connectivity index (χ2n) is 7.30. The number of carbonyl (C=O) groups is 2. The molecule has 1 aliphatic carbocycles. The van der Waals surface area contributed by atoms with Gasteiger partial charge < -0.3 is 5.32 Å². The molecule has 0 radical (unpaired) electrons. The maximum Gasteiger partial charge on any atom is 0.233 e. The molecule has 0 aliphatic heterocycles. The van der Waals surface area contributed by atoms with Gasteiger partial charge in [-0.25, -0.2) is 13.4 Å². The zero-order chi connectivity index (χ0) is 20.1. The van der Waals surface area contributed by atoms with Crippen molar-refractivity contribution in [3.63, 3.8) is 0 Å². The number of aromatic nitrogens is 1. The molecule has 0 saturated heterocycles. The van der Waals surface area contributed by atoms with Crippen LogP contribution in [0.3, 0.4) is 0 Å². The molecule has 1 N–H and O–H groups in total. The lowest BCUT2D eigenvalue weighted by Crippen LogP contribution is -2.22. The highest BCUT2D eigenvalue weighted by Crippen LogP contribution is 2.33. The number of hydrogen-bond donors (Lipinski definition) is 1. The van der Waals surface area contributed by atoms with Gasteiger partial charge in [-0.05, 0) is 36.5 Å². The van der Waals surface area contributed by atoms with Gasteiger partial charge in [-0.15, -0.1) is 0 Å². The Bertz CT molecular complexity index is 929. The lowest BCUT2D eigenvalue weighted by molar-refractivity contribution is -0.117. The first-order valence-corrected chi connectivity index (χ1v) is 12.1. The molecule has 1 aromatic carbocycles. The van der Waals surface area contributed by atoms with Crippen LogP contribution in [0.15, 0.2) is 35.4 Å². The summed E-state index contributed by atoms with van der Waals surface area (Å²) < 4.78 is 23.4. The summed E-state index contributed by atoms with van der Waals surface area (Å²) in [4.78, 5) is 28.5. The molecule has 1 atom stereocenters. The van der Waals surface area contributed by atoms with E-state index in [0.717, 1.165) is 23.3 Å². The van der Waals surface area contributed by atoms with E-state index < -0.39 is 15.8 Å². The van der Waals surface area contributed by atoms with Crippen LogP contribution in [-0.2, 0) is 14.6 Å². The van der Waals surface area contributed by atoms with Crippen LogP contribution < -0.4 is 5.32 Å². The third kappa shape index (κ3) is 5.26. The third-order valence-corrected chi connectivity index (χ3v) is 7.20. The van der Waals surface area contributed by atoms with Gasteiger partial charge in [-0.1, -0.05) is 49.2 Å². The van der Waals surface area contributed by atoms with Gasteiger partial charge >= 0.3 is 0 Å². The van der Waals surface area contributed by atoms with Crippen molar-refractivity contribution in [1.82, 2.24) is 4.98 Å². The summed E-state index contributed by atoms with van der Waals surface area (Å²) in [5.41, 5.74) is 0.787. The number of amides is 1. The van der Waals surface area contributed by atoms with Crippen molar-refractivity contribution in [3.05, 3.63) is 40.9 Å². The molecule has 1 aliphatic rings. The van der Waals surface area contributed by atoms with E-state index in [1.165, 1.54) is 38.1 Å². The minimum Gasteiger partial charge on any atom is -0.301 e. The molecule has 1 fully saturated rings. The first-order valence-electron chi connectivity index (χ1n) is 9.38.